The quantitative estimate of drug-likeness (QED) is 0.808. The summed E-state index contributed by atoms with van der Waals surface area (Å²) in [4.78, 5) is 1.30. The Kier molecular flexibility index (Phi) is 5.74. The predicted octanol–water partition coefficient (Wildman–Crippen LogP) is 3.61. The number of thioether (sulfide) groups is 1. The van der Waals surface area contributed by atoms with Crippen LogP contribution in [0.2, 0.25) is 0 Å². The molecule has 3 atom stereocenters. The molecule has 1 aromatic rings. The van der Waals surface area contributed by atoms with Crippen molar-refractivity contribution in [2.75, 3.05) is 12.8 Å². The van der Waals surface area contributed by atoms with Crippen molar-refractivity contribution in [1.82, 2.24) is 5.32 Å². The van der Waals surface area contributed by atoms with Gasteiger partial charge in [0.15, 0.2) is 0 Å². The van der Waals surface area contributed by atoms with Gasteiger partial charge in [0.2, 0.25) is 0 Å². The topological polar surface area (TPSA) is 32.3 Å². The summed E-state index contributed by atoms with van der Waals surface area (Å²) in [5.41, 5.74) is 1.32. The second-order valence-corrected chi connectivity index (χ2v) is 6.39. The smallest absolute Gasteiger partial charge is 0.0580 e. The summed E-state index contributed by atoms with van der Waals surface area (Å²) in [5.74, 6) is 0.432. The molecule has 0 heterocycles. The predicted molar refractivity (Wildman–Crippen MR) is 82.6 cm³/mol. The van der Waals surface area contributed by atoms with Crippen molar-refractivity contribution in [1.29, 1.82) is 0 Å². The second kappa shape index (κ2) is 7.32. The lowest BCUT2D eigenvalue weighted by Crippen LogP contribution is -2.34. The SMILES string of the molecule is CSc1ccc(C(C)NCC2CCCCC2O)cc1. The van der Waals surface area contributed by atoms with E-state index in [2.05, 4.69) is 42.8 Å². The minimum Gasteiger partial charge on any atom is -0.393 e. The number of rotatable bonds is 5. The van der Waals surface area contributed by atoms with Gasteiger partial charge in [0.1, 0.15) is 0 Å². The Labute approximate surface area is 121 Å². The summed E-state index contributed by atoms with van der Waals surface area (Å²) in [5, 5.41) is 13.5. The first-order valence-electron chi connectivity index (χ1n) is 7.26. The van der Waals surface area contributed by atoms with Crippen LogP contribution in [0.25, 0.3) is 0 Å². The summed E-state index contributed by atoms with van der Waals surface area (Å²) in [6.45, 7) is 3.12. The largest absolute Gasteiger partial charge is 0.393 e. The van der Waals surface area contributed by atoms with E-state index in [1.165, 1.54) is 23.3 Å². The molecule has 0 amide bonds. The summed E-state index contributed by atoms with van der Waals surface area (Å²) >= 11 is 1.77. The first kappa shape index (κ1) is 14.9. The van der Waals surface area contributed by atoms with Gasteiger partial charge in [0, 0.05) is 17.5 Å². The molecule has 2 rings (SSSR count). The highest BCUT2D eigenvalue weighted by Gasteiger charge is 2.23. The third-order valence-electron chi connectivity index (χ3n) is 4.17. The number of aliphatic hydroxyl groups is 1. The van der Waals surface area contributed by atoms with Crippen molar-refractivity contribution in [2.45, 2.75) is 49.6 Å². The van der Waals surface area contributed by atoms with Gasteiger partial charge in [-0.1, -0.05) is 25.0 Å². The van der Waals surface area contributed by atoms with Crippen LogP contribution in [0.4, 0.5) is 0 Å². The molecule has 1 saturated carbocycles. The molecule has 106 valence electrons. The molecule has 1 aliphatic rings. The lowest BCUT2D eigenvalue weighted by molar-refractivity contribution is 0.0684. The van der Waals surface area contributed by atoms with E-state index in [-0.39, 0.29) is 6.10 Å². The highest BCUT2D eigenvalue weighted by Crippen LogP contribution is 2.25. The molecule has 3 unspecified atom stereocenters. The molecule has 0 aliphatic heterocycles. The molecule has 2 N–H and O–H groups in total. The Morgan fingerprint density at radius 3 is 2.58 bits per heavy atom. The average Bonchev–Trinajstić information content (AvgIpc) is 2.46. The van der Waals surface area contributed by atoms with Gasteiger partial charge in [-0.2, -0.15) is 0 Å². The van der Waals surface area contributed by atoms with Gasteiger partial charge in [-0.05, 0) is 49.6 Å². The van der Waals surface area contributed by atoms with E-state index in [4.69, 9.17) is 0 Å². The Bertz CT molecular complexity index is 379. The first-order chi connectivity index (χ1) is 9.20. The molecule has 0 radical (unpaired) electrons. The maximum absolute atomic E-state index is 9.98. The molecule has 0 bridgehead atoms. The summed E-state index contributed by atoms with van der Waals surface area (Å²) in [6.07, 6.45) is 6.58. The van der Waals surface area contributed by atoms with Gasteiger partial charge in [-0.25, -0.2) is 0 Å². The van der Waals surface area contributed by atoms with E-state index >= 15 is 0 Å². The number of aliphatic hydroxyl groups excluding tert-OH is 1. The van der Waals surface area contributed by atoms with Gasteiger partial charge in [-0.3, -0.25) is 0 Å². The number of hydrogen-bond acceptors (Lipinski definition) is 3. The monoisotopic (exact) mass is 279 g/mol. The molecular weight excluding hydrogens is 254 g/mol. The number of hydrogen-bond donors (Lipinski definition) is 2. The lowest BCUT2D eigenvalue weighted by Gasteiger charge is -2.29. The summed E-state index contributed by atoms with van der Waals surface area (Å²) in [6, 6.07) is 9.09. The maximum Gasteiger partial charge on any atom is 0.0580 e. The van der Waals surface area contributed by atoms with Crippen LogP contribution in [-0.4, -0.2) is 24.0 Å². The molecule has 0 saturated heterocycles. The fourth-order valence-corrected chi connectivity index (χ4v) is 3.17. The van der Waals surface area contributed by atoms with Crippen molar-refractivity contribution in [2.24, 2.45) is 5.92 Å². The molecular formula is C16H25NOS. The van der Waals surface area contributed by atoms with E-state index in [1.807, 2.05) is 0 Å². The zero-order chi connectivity index (χ0) is 13.7. The van der Waals surface area contributed by atoms with E-state index in [0.717, 1.165) is 19.4 Å². The van der Waals surface area contributed by atoms with Crippen molar-refractivity contribution in [3.63, 3.8) is 0 Å². The van der Waals surface area contributed by atoms with E-state index in [0.29, 0.717) is 12.0 Å². The van der Waals surface area contributed by atoms with E-state index < -0.39 is 0 Å². The first-order valence-corrected chi connectivity index (χ1v) is 8.48. The normalized spacial score (nSPS) is 25.2. The van der Waals surface area contributed by atoms with E-state index in [9.17, 15) is 5.11 Å². The zero-order valence-corrected chi connectivity index (χ0v) is 12.7. The van der Waals surface area contributed by atoms with Crippen LogP contribution < -0.4 is 5.32 Å². The van der Waals surface area contributed by atoms with Crippen LogP contribution in [0.1, 0.15) is 44.2 Å². The summed E-state index contributed by atoms with van der Waals surface area (Å²) in [7, 11) is 0. The lowest BCUT2D eigenvalue weighted by atomic mass is 9.86. The van der Waals surface area contributed by atoms with Crippen LogP contribution in [0.15, 0.2) is 29.2 Å². The van der Waals surface area contributed by atoms with Crippen LogP contribution in [0, 0.1) is 5.92 Å². The highest BCUT2D eigenvalue weighted by atomic mass is 32.2. The fourth-order valence-electron chi connectivity index (χ4n) is 2.76. The molecule has 1 aromatic carbocycles. The number of benzene rings is 1. The van der Waals surface area contributed by atoms with Crippen LogP contribution in [0.3, 0.4) is 0 Å². The molecule has 2 nitrogen and oxygen atoms in total. The summed E-state index contributed by atoms with van der Waals surface area (Å²) < 4.78 is 0. The van der Waals surface area contributed by atoms with Crippen molar-refractivity contribution >= 4 is 11.8 Å². The Hall–Kier alpha value is -0.510. The van der Waals surface area contributed by atoms with Crippen LogP contribution in [0.5, 0.6) is 0 Å². The molecule has 3 heteroatoms. The van der Waals surface area contributed by atoms with Gasteiger partial charge in [0.25, 0.3) is 0 Å². The fraction of sp³-hybridized carbons (Fsp3) is 0.625. The maximum atomic E-state index is 9.98. The molecule has 19 heavy (non-hydrogen) atoms. The second-order valence-electron chi connectivity index (χ2n) is 5.51. The van der Waals surface area contributed by atoms with E-state index in [1.54, 1.807) is 11.8 Å². The van der Waals surface area contributed by atoms with Crippen molar-refractivity contribution in [3.8, 4) is 0 Å². The third-order valence-corrected chi connectivity index (χ3v) is 4.91. The zero-order valence-electron chi connectivity index (χ0n) is 11.9. The standard InChI is InChI=1S/C16H25NOS/c1-12(13-7-9-15(19-2)10-8-13)17-11-14-5-3-4-6-16(14)18/h7-10,12,14,16-18H,3-6,11H2,1-2H3. The minimum absolute atomic E-state index is 0.104. The van der Waals surface area contributed by atoms with Crippen molar-refractivity contribution in [3.05, 3.63) is 29.8 Å². The molecule has 1 fully saturated rings. The molecule has 0 aromatic heterocycles. The van der Waals surface area contributed by atoms with Gasteiger partial charge < -0.3 is 10.4 Å². The van der Waals surface area contributed by atoms with Gasteiger partial charge in [-0.15, -0.1) is 11.8 Å². The Balaban J connectivity index is 1.84. The Morgan fingerprint density at radius 1 is 1.26 bits per heavy atom. The number of nitrogens with one attached hydrogen (secondary N) is 1. The van der Waals surface area contributed by atoms with Gasteiger partial charge in [0.05, 0.1) is 6.10 Å². The highest BCUT2D eigenvalue weighted by molar-refractivity contribution is 7.98. The van der Waals surface area contributed by atoms with Crippen LogP contribution in [-0.2, 0) is 0 Å². The van der Waals surface area contributed by atoms with Crippen molar-refractivity contribution < 1.29 is 5.11 Å². The third kappa shape index (κ3) is 4.23. The van der Waals surface area contributed by atoms with Gasteiger partial charge >= 0.3 is 0 Å². The minimum atomic E-state index is -0.104. The van der Waals surface area contributed by atoms with Crippen LogP contribution >= 0.6 is 11.8 Å². The molecule has 0 spiro atoms. The average molecular weight is 279 g/mol. The molecule has 1 aliphatic carbocycles. The Morgan fingerprint density at radius 2 is 1.95 bits per heavy atom.